The number of carboxylic acids is 2. The SMILES string of the molecule is Cc1c(C(=O)O)ccc(N=C=O)c1C(=O)O.N=C=O. The molecule has 0 amide bonds. The second-order valence-corrected chi connectivity index (χ2v) is 3.05. The van der Waals surface area contributed by atoms with Crippen LogP contribution in [0.2, 0.25) is 0 Å². The van der Waals surface area contributed by atoms with Crippen molar-refractivity contribution in [3.8, 4) is 0 Å². The number of carbonyl (C=O) groups is 2. The second-order valence-electron chi connectivity index (χ2n) is 3.05. The Morgan fingerprint density at radius 3 is 2.11 bits per heavy atom. The molecule has 0 saturated carbocycles. The third-order valence-electron chi connectivity index (χ3n) is 2.05. The highest BCUT2D eigenvalue weighted by atomic mass is 16.4. The first-order chi connectivity index (χ1) is 8.90. The molecule has 0 heterocycles. The Morgan fingerprint density at radius 2 is 1.74 bits per heavy atom. The Balaban J connectivity index is 0.000000982. The van der Waals surface area contributed by atoms with E-state index in [0.29, 0.717) is 0 Å². The van der Waals surface area contributed by atoms with Crippen molar-refractivity contribution in [2.75, 3.05) is 0 Å². The van der Waals surface area contributed by atoms with E-state index in [1.807, 2.05) is 0 Å². The van der Waals surface area contributed by atoms with E-state index in [1.54, 1.807) is 0 Å². The highest BCUT2D eigenvalue weighted by molar-refractivity contribution is 6.00. The monoisotopic (exact) mass is 264 g/mol. The fraction of sp³-hybridized carbons (Fsp3) is 0.0909. The Morgan fingerprint density at radius 1 is 1.21 bits per heavy atom. The van der Waals surface area contributed by atoms with Gasteiger partial charge in [0.2, 0.25) is 12.2 Å². The van der Waals surface area contributed by atoms with E-state index in [0.717, 1.165) is 12.1 Å². The maximum Gasteiger partial charge on any atom is 0.338 e. The molecule has 0 unspecified atom stereocenters. The van der Waals surface area contributed by atoms with E-state index in [2.05, 4.69) is 4.99 Å². The molecule has 0 atom stereocenters. The fourth-order valence-corrected chi connectivity index (χ4v) is 1.34. The molecule has 0 aliphatic rings. The summed E-state index contributed by atoms with van der Waals surface area (Å²) in [6, 6.07) is 2.35. The number of nitrogens with one attached hydrogen (secondary N) is 1. The second kappa shape index (κ2) is 7.29. The summed E-state index contributed by atoms with van der Waals surface area (Å²) in [6.07, 6.45) is 1.97. The van der Waals surface area contributed by atoms with Gasteiger partial charge < -0.3 is 10.2 Å². The van der Waals surface area contributed by atoms with E-state index >= 15 is 0 Å². The predicted molar refractivity (Wildman–Crippen MR) is 61.3 cm³/mol. The quantitative estimate of drug-likeness (QED) is 0.553. The zero-order valence-corrected chi connectivity index (χ0v) is 9.63. The summed E-state index contributed by atoms with van der Waals surface area (Å²) in [6.45, 7) is 1.34. The average molecular weight is 264 g/mol. The molecule has 0 aliphatic carbocycles. The van der Waals surface area contributed by atoms with Gasteiger partial charge in [0.1, 0.15) is 0 Å². The molecule has 1 rings (SSSR count). The van der Waals surface area contributed by atoms with Crippen LogP contribution in [-0.4, -0.2) is 34.3 Å². The molecule has 0 aliphatic heterocycles. The van der Waals surface area contributed by atoms with Gasteiger partial charge in [-0.3, -0.25) is 0 Å². The van der Waals surface area contributed by atoms with Gasteiger partial charge in [0.05, 0.1) is 16.8 Å². The van der Waals surface area contributed by atoms with Crippen LogP contribution in [0.15, 0.2) is 17.1 Å². The number of isocyanates is 2. The number of aromatic carboxylic acids is 2. The molecule has 0 spiro atoms. The van der Waals surface area contributed by atoms with Gasteiger partial charge in [-0.15, -0.1) is 0 Å². The summed E-state index contributed by atoms with van der Waals surface area (Å²) in [5, 5.41) is 23.1. The summed E-state index contributed by atoms with van der Waals surface area (Å²) in [5.74, 6) is -2.57. The van der Waals surface area contributed by atoms with Crippen LogP contribution in [-0.2, 0) is 9.59 Å². The Kier molecular flexibility index (Phi) is 6.10. The van der Waals surface area contributed by atoms with Gasteiger partial charge in [0, 0.05) is 0 Å². The van der Waals surface area contributed by atoms with Gasteiger partial charge in [-0.1, -0.05) is 0 Å². The van der Waals surface area contributed by atoms with Gasteiger partial charge in [-0.25, -0.2) is 24.6 Å². The van der Waals surface area contributed by atoms with Gasteiger partial charge in [-0.2, -0.15) is 4.99 Å². The van der Waals surface area contributed by atoms with Crippen LogP contribution in [0.3, 0.4) is 0 Å². The maximum atomic E-state index is 10.9. The lowest BCUT2D eigenvalue weighted by Gasteiger charge is -2.06. The molecular formula is C11H8N2O6. The van der Waals surface area contributed by atoms with E-state index in [4.69, 9.17) is 20.4 Å². The van der Waals surface area contributed by atoms with Crippen LogP contribution in [0.1, 0.15) is 26.3 Å². The van der Waals surface area contributed by atoms with Crippen LogP contribution < -0.4 is 0 Å². The molecular weight excluding hydrogens is 256 g/mol. The largest absolute Gasteiger partial charge is 0.478 e. The zero-order chi connectivity index (χ0) is 15.0. The third kappa shape index (κ3) is 4.01. The number of benzene rings is 1. The van der Waals surface area contributed by atoms with Crippen LogP contribution in [0.25, 0.3) is 0 Å². The summed E-state index contributed by atoms with van der Waals surface area (Å²) < 4.78 is 0. The number of carboxylic acid groups (broad SMARTS) is 2. The van der Waals surface area contributed by atoms with E-state index in [-0.39, 0.29) is 22.4 Å². The first-order valence-electron chi connectivity index (χ1n) is 4.62. The normalized spacial score (nSPS) is 8.26. The summed E-state index contributed by atoms with van der Waals surface area (Å²) >= 11 is 0. The van der Waals surface area contributed by atoms with Gasteiger partial charge in [0.25, 0.3) is 0 Å². The topological polar surface area (TPSA) is 145 Å². The highest BCUT2D eigenvalue weighted by Crippen LogP contribution is 2.25. The molecule has 8 nitrogen and oxygen atoms in total. The van der Waals surface area contributed by atoms with Gasteiger partial charge in [-0.05, 0) is 24.6 Å². The molecule has 1 aromatic rings. The lowest BCUT2D eigenvalue weighted by molar-refractivity contribution is 0.0696. The first-order valence-corrected chi connectivity index (χ1v) is 4.62. The highest BCUT2D eigenvalue weighted by Gasteiger charge is 2.19. The molecule has 3 N–H and O–H groups in total. The van der Waals surface area contributed by atoms with Crippen molar-refractivity contribution in [1.82, 2.24) is 0 Å². The Hall–Kier alpha value is -3.08. The number of aliphatic imine (C=N–C) groups is 1. The standard InChI is InChI=1S/C10H7NO5.CHNO/c1-5-6(9(13)14)2-3-7(11-4-12)8(5)10(15)16;2-1-3/h2-3H,1H3,(H,13,14)(H,15,16);2H. The number of carbonyl (C=O) groups excluding carboxylic acids is 2. The molecule has 0 saturated heterocycles. The smallest absolute Gasteiger partial charge is 0.338 e. The first kappa shape index (κ1) is 15.9. The molecule has 0 bridgehead atoms. The molecule has 8 heteroatoms. The van der Waals surface area contributed by atoms with Crippen molar-refractivity contribution in [3.05, 3.63) is 28.8 Å². The lowest BCUT2D eigenvalue weighted by atomic mass is 10.0. The minimum atomic E-state index is -1.34. The van der Waals surface area contributed by atoms with Crippen molar-refractivity contribution in [1.29, 1.82) is 5.41 Å². The summed E-state index contributed by atoms with van der Waals surface area (Å²) in [4.78, 5) is 43.3. The van der Waals surface area contributed by atoms with Crippen LogP contribution >= 0.6 is 0 Å². The van der Waals surface area contributed by atoms with Crippen LogP contribution in [0.4, 0.5) is 5.69 Å². The van der Waals surface area contributed by atoms with E-state index in [9.17, 15) is 14.4 Å². The van der Waals surface area contributed by atoms with Crippen molar-refractivity contribution < 1.29 is 29.4 Å². The molecule has 19 heavy (non-hydrogen) atoms. The number of hydrogen-bond donors (Lipinski definition) is 3. The van der Waals surface area contributed by atoms with Crippen LogP contribution in [0, 0.1) is 12.3 Å². The lowest BCUT2D eigenvalue weighted by Crippen LogP contribution is -2.07. The molecule has 98 valence electrons. The van der Waals surface area contributed by atoms with Crippen LogP contribution in [0.5, 0.6) is 0 Å². The van der Waals surface area contributed by atoms with E-state index in [1.165, 1.54) is 19.1 Å². The van der Waals surface area contributed by atoms with Crippen molar-refractivity contribution in [2.24, 2.45) is 4.99 Å². The third-order valence-corrected chi connectivity index (χ3v) is 2.05. The predicted octanol–water partition coefficient (Wildman–Crippen LogP) is 1.26. The molecule has 0 aromatic heterocycles. The minimum absolute atomic E-state index is 0.0523. The van der Waals surface area contributed by atoms with Gasteiger partial charge in [0.15, 0.2) is 0 Å². The summed E-state index contributed by atoms with van der Waals surface area (Å²) in [7, 11) is 0. The number of rotatable bonds is 3. The Bertz CT molecular complexity index is 595. The summed E-state index contributed by atoms with van der Waals surface area (Å²) in [5.41, 5.74) is -0.494. The maximum absolute atomic E-state index is 10.9. The molecule has 0 fully saturated rings. The molecule has 0 radical (unpaired) electrons. The average Bonchev–Trinajstić information content (AvgIpc) is 2.29. The van der Waals surface area contributed by atoms with Crippen molar-refractivity contribution in [2.45, 2.75) is 6.92 Å². The van der Waals surface area contributed by atoms with Gasteiger partial charge >= 0.3 is 11.9 Å². The van der Waals surface area contributed by atoms with Crippen molar-refractivity contribution >= 4 is 29.8 Å². The fourth-order valence-electron chi connectivity index (χ4n) is 1.34. The van der Waals surface area contributed by atoms with Crippen molar-refractivity contribution in [3.63, 3.8) is 0 Å². The number of nitrogens with zero attached hydrogens (tertiary/aromatic N) is 1. The minimum Gasteiger partial charge on any atom is -0.478 e. The number of hydrogen-bond acceptors (Lipinski definition) is 6. The van der Waals surface area contributed by atoms with E-state index < -0.39 is 11.9 Å². The molecule has 1 aromatic carbocycles. The Labute approximate surface area is 106 Å². The zero-order valence-electron chi connectivity index (χ0n) is 9.63.